The van der Waals surface area contributed by atoms with Crippen LogP contribution in [0.2, 0.25) is 0 Å². The summed E-state index contributed by atoms with van der Waals surface area (Å²) in [6.45, 7) is 4.10. The first-order valence-electron chi connectivity index (χ1n) is 4.17. The lowest BCUT2D eigenvalue weighted by atomic mass is 9.76. The number of morpholine rings is 1. The number of hydrogen-bond acceptors (Lipinski definition) is 2. The molecule has 0 amide bonds. The second kappa shape index (κ2) is 2.21. The van der Waals surface area contributed by atoms with Crippen molar-refractivity contribution in [2.45, 2.75) is 37.8 Å². The Hall–Kier alpha value is -0.0800. The fourth-order valence-corrected chi connectivity index (χ4v) is 1.70. The highest BCUT2D eigenvalue weighted by Crippen LogP contribution is 2.33. The second-order valence-corrected chi connectivity index (χ2v) is 3.64. The topological polar surface area (TPSA) is 21.3 Å². The summed E-state index contributed by atoms with van der Waals surface area (Å²) in [4.78, 5) is 0. The summed E-state index contributed by atoms with van der Waals surface area (Å²) in [7, 11) is 0. The molecule has 2 aliphatic rings. The third kappa shape index (κ3) is 0.956. The number of hydrogen-bond donors (Lipinski definition) is 1. The van der Waals surface area contributed by atoms with Crippen LogP contribution in [-0.4, -0.2) is 24.8 Å². The van der Waals surface area contributed by atoms with E-state index < -0.39 is 0 Å². The fourth-order valence-electron chi connectivity index (χ4n) is 1.70. The van der Waals surface area contributed by atoms with Gasteiger partial charge in [0.15, 0.2) is 0 Å². The van der Waals surface area contributed by atoms with Gasteiger partial charge in [0.2, 0.25) is 0 Å². The molecule has 58 valence electrons. The van der Waals surface area contributed by atoms with Gasteiger partial charge in [-0.05, 0) is 26.2 Å². The van der Waals surface area contributed by atoms with Crippen LogP contribution < -0.4 is 5.32 Å². The van der Waals surface area contributed by atoms with Gasteiger partial charge in [-0.3, -0.25) is 0 Å². The van der Waals surface area contributed by atoms with Crippen molar-refractivity contribution in [2.75, 3.05) is 13.2 Å². The number of ether oxygens (including phenoxy) is 1. The summed E-state index contributed by atoms with van der Waals surface area (Å²) in [6.07, 6.45) is 4.44. The lowest BCUT2D eigenvalue weighted by molar-refractivity contribution is -0.0524. The molecule has 1 saturated heterocycles. The minimum Gasteiger partial charge on any atom is -0.375 e. The van der Waals surface area contributed by atoms with Crippen molar-refractivity contribution in [3.63, 3.8) is 0 Å². The molecule has 0 radical (unpaired) electrons. The minimum absolute atomic E-state index is 0.409. The van der Waals surface area contributed by atoms with Gasteiger partial charge in [0.25, 0.3) is 0 Å². The highest BCUT2D eigenvalue weighted by molar-refractivity contribution is 4.98. The quantitative estimate of drug-likeness (QED) is 0.541. The molecule has 1 spiro atoms. The van der Waals surface area contributed by atoms with Crippen LogP contribution in [0.3, 0.4) is 0 Å². The van der Waals surface area contributed by atoms with Crippen LogP contribution in [0.5, 0.6) is 0 Å². The predicted molar refractivity (Wildman–Crippen MR) is 40.0 cm³/mol. The highest BCUT2D eigenvalue weighted by Gasteiger charge is 2.39. The molecule has 2 heteroatoms. The molecular weight excluding hydrogens is 126 g/mol. The Bertz CT molecular complexity index is 121. The molecule has 1 aliphatic heterocycles. The molecule has 1 heterocycles. The molecular formula is C8H15NO. The van der Waals surface area contributed by atoms with Gasteiger partial charge in [0, 0.05) is 12.1 Å². The summed E-state index contributed by atoms with van der Waals surface area (Å²) in [5.41, 5.74) is 0.409. The van der Waals surface area contributed by atoms with E-state index in [2.05, 4.69) is 12.2 Å². The third-order valence-corrected chi connectivity index (χ3v) is 2.72. The molecule has 1 N–H and O–H groups in total. The Morgan fingerprint density at radius 1 is 1.50 bits per heavy atom. The van der Waals surface area contributed by atoms with Crippen LogP contribution >= 0.6 is 0 Å². The molecule has 2 fully saturated rings. The predicted octanol–water partition coefficient (Wildman–Crippen LogP) is 0.917. The Labute approximate surface area is 61.9 Å². The lowest BCUT2D eigenvalue weighted by Crippen LogP contribution is -2.60. The molecule has 1 saturated carbocycles. The van der Waals surface area contributed by atoms with E-state index in [9.17, 15) is 0 Å². The molecule has 10 heavy (non-hydrogen) atoms. The van der Waals surface area contributed by atoms with Gasteiger partial charge in [-0.25, -0.2) is 0 Å². The van der Waals surface area contributed by atoms with E-state index in [1.165, 1.54) is 19.3 Å². The van der Waals surface area contributed by atoms with Gasteiger partial charge in [0.1, 0.15) is 0 Å². The molecule has 1 aliphatic carbocycles. The average Bonchev–Trinajstić information content (AvgIpc) is 1.86. The lowest BCUT2D eigenvalue weighted by Gasteiger charge is -2.46. The molecule has 0 bridgehead atoms. The van der Waals surface area contributed by atoms with Gasteiger partial charge < -0.3 is 10.1 Å². The van der Waals surface area contributed by atoms with Crippen molar-refractivity contribution in [1.82, 2.24) is 5.32 Å². The maximum Gasteiger partial charge on any atom is 0.0672 e. The Kier molecular flexibility index (Phi) is 1.46. The highest BCUT2D eigenvalue weighted by atomic mass is 16.5. The van der Waals surface area contributed by atoms with Crippen molar-refractivity contribution in [3.05, 3.63) is 0 Å². The van der Waals surface area contributed by atoms with E-state index in [4.69, 9.17) is 4.74 Å². The molecule has 2 rings (SSSR count). The first-order chi connectivity index (χ1) is 4.81. The Morgan fingerprint density at radius 2 is 2.30 bits per heavy atom. The molecule has 1 atom stereocenters. The minimum atomic E-state index is 0.409. The van der Waals surface area contributed by atoms with Crippen molar-refractivity contribution in [1.29, 1.82) is 0 Å². The number of nitrogens with one attached hydrogen (secondary N) is 1. The van der Waals surface area contributed by atoms with Crippen LogP contribution in [0.1, 0.15) is 26.2 Å². The van der Waals surface area contributed by atoms with Crippen LogP contribution in [-0.2, 0) is 4.74 Å². The van der Waals surface area contributed by atoms with Crippen LogP contribution in [0.25, 0.3) is 0 Å². The van der Waals surface area contributed by atoms with Gasteiger partial charge in [-0.2, -0.15) is 0 Å². The van der Waals surface area contributed by atoms with Gasteiger partial charge >= 0.3 is 0 Å². The zero-order valence-electron chi connectivity index (χ0n) is 6.52. The van der Waals surface area contributed by atoms with Crippen molar-refractivity contribution in [2.24, 2.45) is 0 Å². The van der Waals surface area contributed by atoms with Crippen molar-refractivity contribution >= 4 is 0 Å². The van der Waals surface area contributed by atoms with Crippen molar-refractivity contribution < 1.29 is 4.74 Å². The maximum atomic E-state index is 5.57. The van der Waals surface area contributed by atoms with E-state index in [0.717, 1.165) is 13.2 Å². The van der Waals surface area contributed by atoms with E-state index in [1.807, 2.05) is 0 Å². The summed E-state index contributed by atoms with van der Waals surface area (Å²) in [5, 5.41) is 3.56. The van der Waals surface area contributed by atoms with Crippen molar-refractivity contribution in [3.8, 4) is 0 Å². The van der Waals surface area contributed by atoms with E-state index in [1.54, 1.807) is 0 Å². The monoisotopic (exact) mass is 141 g/mol. The summed E-state index contributed by atoms with van der Waals surface area (Å²) in [6, 6.07) is 0. The SMILES string of the molecule is CC1CNC2(CCC2)CO1. The second-order valence-electron chi connectivity index (χ2n) is 3.64. The molecule has 0 aromatic heterocycles. The summed E-state index contributed by atoms with van der Waals surface area (Å²) >= 11 is 0. The zero-order valence-corrected chi connectivity index (χ0v) is 6.52. The maximum absolute atomic E-state index is 5.57. The summed E-state index contributed by atoms with van der Waals surface area (Å²) in [5.74, 6) is 0. The van der Waals surface area contributed by atoms with Crippen LogP contribution in [0.4, 0.5) is 0 Å². The van der Waals surface area contributed by atoms with E-state index >= 15 is 0 Å². The van der Waals surface area contributed by atoms with Gasteiger partial charge in [-0.1, -0.05) is 0 Å². The fraction of sp³-hybridized carbons (Fsp3) is 1.00. The molecule has 0 aromatic rings. The smallest absolute Gasteiger partial charge is 0.0672 e. The average molecular weight is 141 g/mol. The molecule has 0 aromatic carbocycles. The third-order valence-electron chi connectivity index (χ3n) is 2.72. The van der Waals surface area contributed by atoms with E-state index in [-0.39, 0.29) is 0 Å². The first-order valence-corrected chi connectivity index (χ1v) is 4.17. The van der Waals surface area contributed by atoms with Crippen LogP contribution in [0, 0.1) is 0 Å². The first kappa shape index (κ1) is 6.62. The normalized spacial score (nSPS) is 37.5. The Balaban J connectivity index is 1.90. The Morgan fingerprint density at radius 3 is 2.70 bits per heavy atom. The molecule has 1 unspecified atom stereocenters. The van der Waals surface area contributed by atoms with Crippen LogP contribution in [0.15, 0.2) is 0 Å². The molecule has 2 nitrogen and oxygen atoms in total. The number of rotatable bonds is 0. The van der Waals surface area contributed by atoms with Gasteiger partial charge in [-0.15, -0.1) is 0 Å². The zero-order chi connectivity index (χ0) is 7.03. The van der Waals surface area contributed by atoms with Gasteiger partial charge in [0.05, 0.1) is 12.7 Å². The largest absolute Gasteiger partial charge is 0.375 e. The standard InChI is InChI=1S/C8H15NO/c1-7-5-9-8(6-10-7)3-2-4-8/h7,9H,2-6H2,1H3. The summed E-state index contributed by atoms with van der Waals surface area (Å²) < 4.78 is 5.57. The van der Waals surface area contributed by atoms with E-state index in [0.29, 0.717) is 11.6 Å².